The van der Waals surface area contributed by atoms with Crippen LogP contribution in [0.3, 0.4) is 0 Å². The number of amides is 1. The van der Waals surface area contributed by atoms with Gasteiger partial charge in [0.15, 0.2) is 0 Å². The molecule has 1 atom stereocenters. The van der Waals surface area contributed by atoms with Gasteiger partial charge in [-0.2, -0.15) is 0 Å². The first-order valence-electron chi connectivity index (χ1n) is 6.61. The third kappa shape index (κ3) is 3.53. The Labute approximate surface area is 111 Å². The number of nitrogens with one attached hydrogen (secondary N) is 1. The van der Waals surface area contributed by atoms with Crippen molar-refractivity contribution >= 4 is 17.2 Å². The summed E-state index contributed by atoms with van der Waals surface area (Å²) in [5, 5.41) is 13.9. The van der Waals surface area contributed by atoms with E-state index in [4.69, 9.17) is 5.11 Å². The molecule has 0 spiro atoms. The summed E-state index contributed by atoms with van der Waals surface area (Å²) in [6.45, 7) is 0.124. The molecule has 1 aliphatic carbocycles. The van der Waals surface area contributed by atoms with Crippen LogP contribution in [0, 0.1) is 5.92 Å². The molecule has 1 heterocycles. The second kappa shape index (κ2) is 6.85. The van der Waals surface area contributed by atoms with Crippen LogP contribution in [0.2, 0.25) is 0 Å². The fraction of sp³-hybridized carbons (Fsp3) is 0.692. The number of hydrogen-bond donors (Lipinski definition) is 2. The van der Waals surface area contributed by atoms with E-state index in [9.17, 15) is 4.79 Å². The maximum Gasteiger partial charge on any atom is 0.270 e. The highest BCUT2D eigenvalue weighted by atomic mass is 32.1. The minimum absolute atomic E-state index is 0.0875. The van der Waals surface area contributed by atoms with Crippen LogP contribution in [0.5, 0.6) is 0 Å². The molecule has 2 N–H and O–H groups in total. The van der Waals surface area contributed by atoms with E-state index in [1.807, 2.05) is 0 Å². The highest BCUT2D eigenvalue weighted by Crippen LogP contribution is 2.27. The van der Waals surface area contributed by atoms with E-state index in [1.165, 1.54) is 30.6 Å². The van der Waals surface area contributed by atoms with Crippen molar-refractivity contribution in [1.82, 2.24) is 10.3 Å². The summed E-state index contributed by atoms with van der Waals surface area (Å²) >= 11 is 1.42. The quantitative estimate of drug-likeness (QED) is 0.860. The average Bonchev–Trinajstić information content (AvgIpc) is 2.93. The number of aliphatic hydroxyl groups excluding tert-OH is 1. The molecule has 18 heavy (non-hydrogen) atoms. The Bertz CT molecular complexity index is 361. The van der Waals surface area contributed by atoms with Gasteiger partial charge in [-0.1, -0.05) is 19.3 Å². The van der Waals surface area contributed by atoms with E-state index < -0.39 is 0 Å². The van der Waals surface area contributed by atoms with Crippen molar-refractivity contribution in [2.75, 3.05) is 6.61 Å². The lowest BCUT2D eigenvalue weighted by molar-refractivity contribution is 0.0895. The minimum atomic E-state index is -0.111. The molecule has 1 amide bonds. The summed E-state index contributed by atoms with van der Waals surface area (Å²) < 4.78 is 0. The maximum absolute atomic E-state index is 12.0. The van der Waals surface area contributed by atoms with Gasteiger partial charge in [0.2, 0.25) is 0 Å². The van der Waals surface area contributed by atoms with Gasteiger partial charge in [-0.25, -0.2) is 4.98 Å². The average molecular weight is 268 g/mol. The molecule has 1 saturated carbocycles. The monoisotopic (exact) mass is 268 g/mol. The SMILES string of the molecule is O=C(NC(CCO)C1CCCCC1)c1cscn1. The standard InChI is InChI=1S/C13H20N2O2S/c16-7-6-11(10-4-2-1-3-5-10)15-13(17)12-8-18-9-14-12/h8-11,16H,1-7H2,(H,15,17). The Morgan fingerprint density at radius 2 is 2.28 bits per heavy atom. The highest BCUT2D eigenvalue weighted by Gasteiger charge is 2.25. The zero-order valence-electron chi connectivity index (χ0n) is 10.5. The van der Waals surface area contributed by atoms with Crippen LogP contribution in [-0.4, -0.2) is 28.6 Å². The van der Waals surface area contributed by atoms with Crippen molar-refractivity contribution in [2.24, 2.45) is 5.92 Å². The van der Waals surface area contributed by atoms with Crippen molar-refractivity contribution in [2.45, 2.75) is 44.6 Å². The molecule has 0 aliphatic heterocycles. The van der Waals surface area contributed by atoms with Crippen LogP contribution in [0.4, 0.5) is 0 Å². The fourth-order valence-corrected chi connectivity index (χ4v) is 3.20. The Morgan fingerprint density at radius 1 is 1.50 bits per heavy atom. The van der Waals surface area contributed by atoms with E-state index >= 15 is 0 Å². The van der Waals surface area contributed by atoms with Gasteiger partial charge in [-0.3, -0.25) is 4.79 Å². The molecule has 0 saturated heterocycles. The van der Waals surface area contributed by atoms with Gasteiger partial charge in [0.05, 0.1) is 5.51 Å². The molecule has 4 nitrogen and oxygen atoms in total. The third-order valence-corrected chi connectivity index (χ3v) is 4.23. The van der Waals surface area contributed by atoms with Crippen molar-refractivity contribution in [1.29, 1.82) is 0 Å². The number of nitrogens with zero attached hydrogens (tertiary/aromatic N) is 1. The van der Waals surface area contributed by atoms with Gasteiger partial charge in [0.1, 0.15) is 5.69 Å². The summed E-state index contributed by atoms with van der Waals surface area (Å²) in [7, 11) is 0. The minimum Gasteiger partial charge on any atom is -0.396 e. The Balaban J connectivity index is 1.94. The number of hydrogen-bond acceptors (Lipinski definition) is 4. The molecule has 2 rings (SSSR count). The van der Waals surface area contributed by atoms with Gasteiger partial charge in [0, 0.05) is 18.0 Å². The predicted molar refractivity (Wildman–Crippen MR) is 71.6 cm³/mol. The maximum atomic E-state index is 12.0. The van der Waals surface area contributed by atoms with Crippen molar-refractivity contribution in [3.05, 3.63) is 16.6 Å². The molecule has 1 aromatic rings. The Hall–Kier alpha value is -0.940. The molecule has 1 aromatic heterocycles. The largest absolute Gasteiger partial charge is 0.396 e. The van der Waals surface area contributed by atoms with Crippen LogP contribution < -0.4 is 5.32 Å². The lowest BCUT2D eigenvalue weighted by Crippen LogP contribution is -2.41. The summed E-state index contributed by atoms with van der Waals surface area (Å²) in [6, 6.07) is 0.0875. The number of carbonyl (C=O) groups excluding carboxylic acids is 1. The first-order valence-corrected chi connectivity index (χ1v) is 7.55. The van der Waals surface area contributed by atoms with Gasteiger partial charge in [0.25, 0.3) is 5.91 Å². The van der Waals surface area contributed by atoms with Crippen LogP contribution in [0.1, 0.15) is 49.0 Å². The molecule has 1 fully saturated rings. The first-order chi connectivity index (χ1) is 8.81. The van der Waals surface area contributed by atoms with Crippen LogP contribution in [0.15, 0.2) is 10.9 Å². The molecule has 0 bridgehead atoms. The van der Waals surface area contributed by atoms with Crippen molar-refractivity contribution in [3.63, 3.8) is 0 Å². The lowest BCUT2D eigenvalue weighted by Gasteiger charge is -2.30. The number of aromatic nitrogens is 1. The van der Waals surface area contributed by atoms with Gasteiger partial charge in [-0.15, -0.1) is 11.3 Å². The normalized spacial score (nSPS) is 18.5. The van der Waals surface area contributed by atoms with E-state index in [-0.39, 0.29) is 18.6 Å². The molecule has 0 aromatic carbocycles. The van der Waals surface area contributed by atoms with Crippen LogP contribution >= 0.6 is 11.3 Å². The summed E-state index contributed by atoms with van der Waals surface area (Å²) in [5.41, 5.74) is 2.15. The number of carbonyl (C=O) groups is 1. The lowest BCUT2D eigenvalue weighted by atomic mass is 9.82. The highest BCUT2D eigenvalue weighted by molar-refractivity contribution is 7.07. The predicted octanol–water partition coefficient (Wildman–Crippen LogP) is 2.20. The van der Waals surface area contributed by atoms with Crippen molar-refractivity contribution < 1.29 is 9.90 Å². The fourth-order valence-electron chi connectivity index (χ4n) is 2.67. The van der Waals surface area contributed by atoms with E-state index in [1.54, 1.807) is 10.9 Å². The zero-order valence-corrected chi connectivity index (χ0v) is 11.3. The number of thiazole rings is 1. The molecule has 0 radical (unpaired) electrons. The Kier molecular flexibility index (Phi) is 5.13. The zero-order chi connectivity index (χ0) is 12.8. The second-order valence-electron chi connectivity index (χ2n) is 4.86. The summed E-state index contributed by atoms with van der Waals surface area (Å²) in [4.78, 5) is 16.0. The smallest absolute Gasteiger partial charge is 0.270 e. The summed E-state index contributed by atoms with van der Waals surface area (Å²) in [6.07, 6.45) is 6.71. The van der Waals surface area contributed by atoms with Crippen molar-refractivity contribution in [3.8, 4) is 0 Å². The molecule has 100 valence electrons. The molecular weight excluding hydrogens is 248 g/mol. The molecule has 1 unspecified atom stereocenters. The van der Waals surface area contributed by atoms with Crippen LogP contribution in [-0.2, 0) is 0 Å². The first kappa shape index (κ1) is 13.5. The van der Waals surface area contributed by atoms with E-state index in [0.29, 0.717) is 18.0 Å². The number of aliphatic hydroxyl groups is 1. The topological polar surface area (TPSA) is 62.2 Å². The van der Waals surface area contributed by atoms with Gasteiger partial charge < -0.3 is 10.4 Å². The van der Waals surface area contributed by atoms with Gasteiger partial charge >= 0.3 is 0 Å². The number of rotatable bonds is 5. The molecule has 5 heteroatoms. The second-order valence-corrected chi connectivity index (χ2v) is 5.58. The van der Waals surface area contributed by atoms with E-state index in [0.717, 1.165) is 12.8 Å². The van der Waals surface area contributed by atoms with Crippen LogP contribution in [0.25, 0.3) is 0 Å². The molecular formula is C13H20N2O2S. The van der Waals surface area contributed by atoms with E-state index in [2.05, 4.69) is 10.3 Å². The third-order valence-electron chi connectivity index (χ3n) is 3.64. The summed E-state index contributed by atoms with van der Waals surface area (Å²) in [5.74, 6) is 0.397. The van der Waals surface area contributed by atoms with Gasteiger partial charge in [-0.05, 0) is 25.2 Å². The Morgan fingerprint density at radius 3 is 2.89 bits per heavy atom. The molecule has 1 aliphatic rings.